The molecule has 0 saturated heterocycles. The van der Waals surface area contributed by atoms with Crippen LogP contribution < -0.4 is 15.4 Å². The summed E-state index contributed by atoms with van der Waals surface area (Å²) < 4.78 is 24.5. The molecule has 0 aliphatic heterocycles. The molecule has 0 fully saturated rings. The summed E-state index contributed by atoms with van der Waals surface area (Å²) in [6.45, 7) is 5.08. The second-order valence-electron chi connectivity index (χ2n) is 5.87. The van der Waals surface area contributed by atoms with Crippen molar-refractivity contribution < 1.29 is 23.4 Å². The molecule has 1 aromatic heterocycles. The predicted molar refractivity (Wildman–Crippen MR) is 87.5 cm³/mol. The van der Waals surface area contributed by atoms with Gasteiger partial charge in [0.05, 0.1) is 24.6 Å². The molecule has 0 saturated carbocycles. The van der Waals surface area contributed by atoms with Crippen LogP contribution in [0.4, 0.5) is 14.9 Å². The highest BCUT2D eigenvalue weighted by Crippen LogP contribution is 2.22. The number of halogens is 1. The molecule has 2 aromatic rings. The van der Waals surface area contributed by atoms with Gasteiger partial charge in [0.1, 0.15) is 22.9 Å². The van der Waals surface area contributed by atoms with Gasteiger partial charge in [0.25, 0.3) is 0 Å². The standard InChI is InChI=1S/C17H21FN2O4/c1-11(2)24-12-6-7-14(13(18)9-12)20-16(21)19-10-17(3,22)15-5-4-8-23-15/h4-9,11,22H,10H2,1-3H3,(H2,19,20,21)/t17-/m1/s1. The van der Waals surface area contributed by atoms with Crippen LogP contribution in [-0.4, -0.2) is 23.8 Å². The minimum Gasteiger partial charge on any atom is -0.491 e. The first-order valence-electron chi connectivity index (χ1n) is 7.55. The summed E-state index contributed by atoms with van der Waals surface area (Å²) in [5.41, 5.74) is -1.35. The normalized spacial score (nSPS) is 13.4. The molecule has 1 heterocycles. The summed E-state index contributed by atoms with van der Waals surface area (Å²) >= 11 is 0. The van der Waals surface area contributed by atoms with Crippen LogP contribution in [0.2, 0.25) is 0 Å². The van der Waals surface area contributed by atoms with E-state index in [1.807, 2.05) is 13.8 Å². The van der Waals surface area contributed by atoms with Crippen LogP contribution in [0.3, 0.4) is 0 Å². The van der Waals surface area contributed by atoms with Crippen LogP contribution >= 0.6 is 0 Å². The fourth-order valence-corrected chi connectivity index (χ4v) is 2.03. The number of carbonyl (C=O) groups excluding carboxylic acids is 1. The number of hydrogen-bond donors (Lipinski definition) is 3. The Morgan fingerprint density at radius 1 is 1.42 bits per heavy atom. The molecule has 130 valence electrons. The third-order valence-corrected chi connectivity index (χ3v) is 3.21. The smallest absolute Gasteiger partial charge is 0.319 e. The molecule has 0 aliphatic carbocycles. The summed E-state index contributed by atoms with van der Waals surface area (Å²) in [6, 6.07) is 6.79. The lowest BCUT2D eigenvalue weighted by molar-refractivity contribution is 0.0372. The SMILES string of the molecule is CC(C)Oc1ccc(NC(=O)NC[C@@](C)(O)c2ccco2)c(F)c1. The molecule has 7 heteroatoms. The number of nitrogens with one attached hydrogen (secondary N) is 2. The van der Waals surface area contributed by atoms with Crippen molar-refractivity contribution in [3.63, 3.8) is 0 Å². The lowest BCUT2D eigenvalue weighted by atomic mass is 10.0. The van der Waals surface area contributed by atoms with Gasteiger partial charge in [0.2, 0.25) is 0 Å². The second-order valence-corrected chi connectivity index (χ2v) is 5.87. The van der Waals surface area contributed by atoms with Crippen molar-refractivity contribution in [2.24, 2.45) is 0 Å². The third kappa shape index (κ3) is 4.73. The van der Waals surface area contributed by atoms with Crippen LogP contribution in [0.1, 0.15) is 26.5 Å². The molecule has 1 atom stereocenters. The van der Waals surface area contributed by atoms with Gasteiger partial charge in [-0.25, -0.2) is 9.18 Å². The van der Waals surface area contributed by atoms with Crippen molar-refractivity contribution in [1.29, 1.82) is 0 Å². The number of carbonyl (C=O) groups is 1. The van der Waals surface area contributed by atoms with Gasteiger partial charge in [-0.1, -0.05) is 0 Å². The number of rotatable bonds is 6. The van der Waals surface area contributed by atoms with Gasteiger partial charge >= 0.3 is 6.03 Å². The van der Waals surface area contributed by atoms with Crippen molar-refractivity contribution in [3.8, 4) is 5.75 Å². The lowest BCUT2D eigenvalue weighted by Gasteiger charge is -2.21. The molecule has 0 radical (unpaired) electrons. The molecule has 24 heavy (non-hydrogen) atoms. The fraction of sp³-hybridized carbons (Fsp3) is 0.353. The summed E-state index contributed by atoms with van der Waals surface area (Å²) in [5, 5.41) is 15.1. The van der Waals surface area contributed by atoms with E-state index in [0.717, 1.165) is 0 Å². The van der Waals surface area contributed by atoms with E-state index >= 15 is 0 Å². The number of aliphatic hydroxyl groups is 1. The molecule has 3 N–H and O–H groups in total. The molecule has 1 aromatic carbocycles. The van der Waals surface area contributed by atoms with Crippen LogP contribution in [0.25, 0.3) is 0 Å². The maximum absolute atomic E-state index is 14.0. The van der Waals surface area contributed by atoms with Crippen molar-refractivity contribution in [2.75, 3.05) is 11.9 Å². The Bertz CT molecular complexity index is 684. The summed E-state index contributed by atoms with van der Waals surface area (Å²) in [4.78, 5) is 11.9. The number of ether oxygens (including phenoxy) is 1. The summed E-state index contributed by atoms with van der Waals surface area (Å²) in [6.07, 6.45) is 1.36. The van der Waals surface area contributed by atoms with E-state index in [-0.39, 0.29) is 18.3 Å². The maximum Gasteiger partial charge on any atom is 0.319 e. The topological polar surface area (TPSA) is 83.7 Å². The minimum atomic E-state index is -1.37. The zero-order chi connectivity index (χ0) is 17.7. The zero-order valence-electron chi connectivity index (χ0n) is 13.8. The predicted octanol–water partition coefficient (Wildman–Crippen LogP) is 3.24. The number of anilines is 1. The second kappa shape index (κ2) is 7.35. The quantitative estimate of drug-likeness (QED) is 0.756. The van der Waals surface area contributed by atoms with Crippen molar-refractivity contribution >= 4 is 11.7 Å². The molecule has 6 nitrogen and oxygen atoms in total. The first-order chi connectivity index (χ1) is 11.3. The Labute approximate surface area is 139 Å². The molecule has 0 unspecified atom stereocenters. The Hall–Kier alpha value is -2.54. The van der Waals surface area contributed by atoms with E-state index in [0.29, 0.717) is 11.5 Å². The molecule has 0 aliphatic rings. The number of urea groups is 1. The van der Waals surface area contributed by atoms with E-state index in [1.54, 1.807) is 18.2 Å². The van der Waals surface area contributed by atoms with Gasteiger partial charge in [0, 0.05) is 6.07 Å². The Balaban J connectivity index is 1.93. The maximum atomic E-state index is 14.0. The molecule has 0 spiro atoms. The molecule has 0 bridgehead atoms. The summed E-state index contributed by atoms with van der Waals surface area (Å²) in [5.74, 6) is 0.0967. The lowest BCUT2D eigenvalue weighted by Crippen LogP contribution is -2.40. The molecular weight excluding hydrogens is 315 g/mol. The van der Waals surface area contributed by atoms with Gasteiger partial charge < -0.3 is 24.9 Å². The number of amides is 2. The van der Waals surface area contributed by atoms with Crippen molar-refractivity contribution in [1.82, 2.24) is 5.32 Å². The average molecular weight is 336 g/mol. The van der Waals surface area contributed by atoms with Crippen molar-refractivity contribution in [2.45, 2.75) is 32.5 Å². The highest BCUT2D eigenvalue weighted by Gasteiger charge is 2.26. The van der Waals surface area contributed by atoms with E-state index < -0.39 is 17.4 Å². The van der Waals surface area contributed by atoms with E-state index in [9.17, 15) is 14.3 Å². The van der Waals surface area contributed by atoms with Gasteiger partial charge in [-0.15, -0.1) is 0 Å². The summed E-state index contributed by atoms with van der Waals surface area (Å²) in [7, 11) is 0. The first kappa shape index (κ1) is 17.8. The van der Waals surface area contributed by atoms with Crippen LogP contribution in [-0.2, 0) is 5.60 Å². The van der Waals surface area contributed by atoms with E-state index in [1.165, 1.54) is 25.3 Å². The van der Waals surface area contributed by atoms with Gasteiger partial charge in [-0.05, 0) is 45.0 Å². The zero-order valence-corrected chi connectivity index (χ0v) is 13.8. The Kier molecular flexibility index (Phi) is 5.46. The highest BCUT2D eigenvalue weighted by atomic mass is 19.1. The molecule has 2 amide bonds. The van der Waals surface area contributed by atoms with Gasteiger partial charge in [0.15, 0.2) is 0 Å². The largest absolute Gasteiger partial charge is 0.491 e. The average Bonchev–Trinajstić information content (AvgIpc) is 3.03. The van der Waals surface area contributed by atoms with Gasteiger partial charge in [-0.2, -0.15) is 0 Å². The van der Waals surface area contributed by atoms with Crippen LogP contribution in [0.5, 0.6) is 5.75 Å². The first-order valence-corrected chi connectivity index (χ1v) is 7.55. The molecule has 2 rings (SSSR count). The monoisotopic (exact) mass is 336 g/mol. The number of benzene rings is 1. The third-order valence-electron chi connectivity index (χ3n) is 3.21. The minimum absolute atomic E-state index is 0.0150. The van der Waals surface area contributed by atoms with Crippen molar-refractivity contribution in [3.05, 3.63) is 48.2 Å². The van der Waals surface area contributed by atoms with Crippen LogP contribution in [0, 0.1) is 5.82 Å². The van der Waals surface area contributed by atoms with Crippen LogP contribution in [0.15, 0.2) is 41.0 Å². The highest BCUT2D eigenvalue weighted by molar-refractivity contribution is 5.89. The Morgan fingerprint density at radius 3 is 2.75 bits per heavy atom. The number of hydrogen-bond acceptors (Lipinski definition) is 4. The van der Waals surface area contributed by atoms with E-state index in [2.05, 4.69) is 10.6 Å². The van der Waals surface area contributed by atoms with E-state index in [4.69, 9.17) is 9.15 Å². The Morgan fingerprint density at radius 2 is 2.17 bits per heavy atom. The molecular formula is C17H21FN2O4. The number of furan rings is 1. The van der Waals surface area contributed by atoms with Gasteiger partial charge in [-0.3, -0.25) is 0 Å². The fourth-order valence-electron chi connectivity index (χ4n) is 2.03.